The van der Waals surface area contributed by atoms with Gasteiger partial charge in [-0.2, -0.15) is 5.10 Å². The van der Waals surface area contributed by atoms with E-state index in [0.29, 0.717) is 13.1 Å². The highest BCUT2D eigenvalue weighted by Gasteiger charge is 2.20. The Morgan fingerprint density at radius 2 is 2.26 bits per heavy atom. The number of rotatable bonds is 3. The normalized spacial score (nSPS) is 20.5. The van der Waals surface area contributed by atoms with Crippen LogP contribution in [-0.2, 0) is 11.8 Å². The number of aliphatic hydroxyl groups is 1. The Balaban J connectivity index is 1.94. The summed E-state index contributed by atoms with van der Waals surface area (Å²) in [6, 6.07) is 0. The van der Waals surface area contributed by atoms with E-state index in [1.165, 1.54) is 0 Å². The van der Waals surface area contributed by atoms with Gasteiger partial charge in [-0.3, -0.25) is 14.4 Å². The minimum absolute atomic E-state index is 0.0479. The highest BCUT2D eigenvalue weighted by molar-refractivity contribution is 5.93. The van der Waals surface area contributed by atoms with Crippen LogP contribution >= 0.6 is 0 Å². The van der Waals surface area contributed by atoms with E-state index in [9.17, 15) is 9.90 Å². The van der Waals surface area contributed by atoms with E-state index in [4.69, 9.17) is 0 Å². The molecule has 1 fully saturated rings. The van der Waals surface area contributed by atoms with Gasteiger partial charge in [-0.1, -0.05) is 0 Å². The van der Waals surface area contributed by atoms with Gasteiger partial charge in [-0.05, 0) is 33.2 Å². The zero-order valence-corrected chi connectivity index (χ0v) is 11.8. The molecule has 1 saturated heterocycles. The number of aryl methyl sites for hydroxylation is 2. The first kappa shape index (κ1) is 14.0. The predicted molar refractivity (Wildman–Crippen MR) is 73.0 cm³/mol. The summed E-state index contributed by atoms with van der Waals surface area (Å²) in [5.74, 6) is -0.0479. The van der Waals surface area contributed by atoms with Crippen LogP contribution in [0.4, 0.5) is 5.69 Å². The summed E-state index contributed by atoms with van der Waals surface area (Å²) < 4.78 is 1.76. The summed E-state index contributed by atoms with van der Waals surface area (Å²) in [7, 11) is 1.86. The summed E-state index contributed by atoms with van der Waals surface area (Å²) in [6.07, 6.45) is 1.47. The van der Waals surface area contributed by atoms with Crippen molar-refractivity contribution in [1.29, 1.82) is 0 Å². The van der Waals surface area contributed by atoms with Crippen molar-refractivity contribution in [2.75, 3.05) is 25.0 Å². The average Bonchev–Trinajstić information content (AvgIpc) is 2.56. The van der Waals surface area contributed by atoms with Crippen molar-refractivity contribution in [2.45, 2.75) is 32.8 Å². The highest BCUT2D eigenvalue weighted by Crippen LogP contribution is 2.18. The molecule has 1 amide bonds. The second-order valence-corrected chi connectivity index (χ2v) is 5.25. The number of hydrogen-bond donors (Lipinski definition) is 2. The van der Waals surface area contributed by atoms with Gasteiger partial charge in [-0.25, -0.2) is 0 Å². The summed E-state index contributed by atoms with van der Waals surface area (Å²) in [5, 5.41) is 16.8. The Hall–Kier alpha value is -1.40. The smallest absolute Gasteiger partial charge is 0.238 e. The topological polar surface area (TPSA) is 70.4 Å². The van der Waals surface area contributed by atoms with Crippen LogP contribution in [0, 0.1) is 13.8 Å². The Morgan fingerprint density at radius 1 is 1.53 bits per heavy atom. The quantitative estimate of drug-likeness (QED) is 0.832. The Morgan fingerprint density at radius 3 is 2.84 bits per heavy atom. The molecule has 0 spiro atoms. The van der Waals surface area contributed by atoms with E-state index in [1.54, 1.807) is 4.68 Å². The maximum absolute atomic E-state index is 12.0. The molecule has 0 radical (unpaired) electrons. The number of nitrogens with one attached hydrogen (secondary N) is 1. The lowest BCUT2D eigenvalue weighted by Crippen LogP contribution is -2.42. The molecule has 1 atom stereocenters. The fraction of sp³-hybridized carbons (Fsp3) is 0.692. The highest BCUT2D eigenvalue weighted by atomic mass is 16.3. The summed E-state index contributed by atoms with van der Waals surface area (Å²) >= 11 is 0. The number of piperidine rings is 1. The predicted octanol–water partition coefficient (Wildman–Crippen LogP) is 0.432. The number of aliphatic hydroxyl groups excluding tert-OH is 1. The fourth-order valence-corrected chi connectivity index (χ4v) is 2.51. The van der Waals surface area contributed by atoms with Crippen molar-refractivity contribution in [1.82, 2.24) is 14.7 Å². The molecular formula is C13H22N4O2. The molecule has 2 heterocycles. The van der Waals surface area contributed by atoms with Gasteiger partial charge in [0.2, 0.25) is 5.91 Å². The van der Waals surface area contributed by atoms with E-state index >= 15 is 0 Å². The number of carbonyl (C=O) groups excluding carboxylic acids is 1. The third-order valence-corrected chi connectivity index (χ3v) is 3.62. The van der Waals surface area contributed by atoms with Crippen molar-refractivity contribution in [2.24, 2.45) is 7.05 Å². The van der Waals surface area contributed by atoms with Gasteiger partial charge in [0.25, 0.3) is 0 Å². The van der Waals surface area contributed by atoms with E-state index in [1.807, 2.05) is 25.8 Å². The summed E-state index contributed by atoms with van der Waals surface area (Å²) in [5.41, 5.74) is 2.57. The summed E-state index contributed by atoms with van der Waals surface area (Å²) in [6.45, 7) is 5.59. The minimum Gasteiger partial charge on any atom is -0.392 e. The number of anilines is 1. The van der Waals surface area contributed by atoms with Gasteiger partial charge in [0.05, 0.1) is 29.7 Å². The van der Waals surface area contributed by atoms with Crippen LogP contribution in [-0.4, -0.2) is 51.4 Å². The van der Waals surface area contributed by atoms with Gasteiger partial charge in [0, 0.05) is 13.6 Å². The molecule has 106 valence electrons. The zero-order valence-electron chi connectivity index (χ0n) is 11.8. The average molecular weight is 266 g/mol. The molecule has 0 unspecified atom stereocenters. The third-order valence-electron chi connectivity index (χ3n) is 3.62. The molecule has 0 saturated carbocycles. The minimum atomic E-state index is -0.302. The zero-order chi connectivity index (χ0) is 14.0. The third kappa shape index (κ3) is 3.33. The van der Waals surface area contributed by atoms with Gasteiger partial charge in [0.1, 0.15) is 0 Å². The largest absolute Gasteiger partial charge is 0.392 e. The number of likely N-dealkylation sites (tertiary alicyclic amines) is 1. The lowest BCUT2D eigenvalue weighted by Gasteiger charge is -2.29. The lowest BCUT2D eigenvalue weighted by molar-refractivity contribution is -0.118. The molecule has 6 heteroatoms. The molecule has 19 heavy (non-hydrogen) atoms. The molecule has 1 aromatic heterocycles. The first-order valence-electron chi connectivity index (χ1n) is 6.68. The standard InChI is InChI=1S/C13H22N4O2/c1-9-13(10(2)16(3)15-9)14-12(19)8-17-6-4-5-11(18)7-17/h11,18H,4-8H2,1-3H3,(H,14,19)/t11-/m0/s1. The maximum atomic E-state index is 12.0. The van der Waals surface area contributed by atoms with Crippen LogP contribution in [0.3, 0.4) is 0 Å². The Bertz CT molecular complexity index is 469. The number of β-amino-alcohol motifs (C(OH)–C–C–N with tert-alkyl or cyclic N) is 1. The van der Waals surface area contributed by atoms with Crippen LogP contribution in [0.5, 0.6) is 0 Å². The first-order valence-corrected chi connectivity index (χ1v) is 6.68. The number of nitrogens with zero attached hydrogens (tertiary/aromatic N) is 3. The van der Waals surface area contributed by atoms with Gasteiger partial charge in [0.15, 0.2) is 0 Å². The molecule has 0 aliphatic carbocycles. The van der Waals surface area contributed by atoms with Gasteiger partial charge < -0.3 is 10.4 Å². The molecule has 2 rings (SSSR count). The Kier molecular flexibility index (Phi) is 4.21. The molecule has 1 aromatic rings. The van der Waals surface area contributed by atoms with Crippen LogP contribution in [0.15, 0.2) is 0 Å². The van der Waals surface area contributed by atoms with E-state index in [2.05, 4.69) is 10.4 Å². The van der Waals surface area contributed by atoms with Crippen LogP contribution in [0.1, 0.15) is 24.2 Å². The van der Waals surface area contributed by atoms with Crippen molar-refractivity contribution in [3.8, 4) is 0 Å². The molecular weight excluding hydrogens is 244 g/mol. The number of hydrogen-bond acceptors (Lipinski definition) is 4. The molecule has 0 bridgehead atoms. The first-order chi connectivity index (χ1) is 8.97. The molecule has 6 nitrogen and oxygen atoms in total. The van der Waals surface area contributed by atoms with Crippen molar-refractivity contribution >= 4 is 11.6 Å². The van der Waals surface area contributed by atoms with E-state index in [0.717, 1.165) is 36.5 Å². The molecule has 1 aliphatic heterocycles. The maximum Gasteiger partial charge on any atom is 0.238 e. The van der Waals surface area contributed by atoms with Crippen LogP contribution in [0.25, 0.3) is 0 Å². The van der Waals surface area contributed by atoms with Crippen molar-refractivity contribution in [3.05, 3.63) is 11.4 Å². The van der Waals surface area contributed by atoms with Gasteiger partial charge >= 0.3 is 0 Å². The molecule has 2 N–H and O–H groups in total. The number of carbonyl (C=O) groups is 1. The van der Waals surface area contributed by atoms with E-state index in [-0.39, 0.29) is 12.0 Å². The molecule has 0 aromatic carbocycles. The second-order valence-electron chi connectivity index (χ2n) is 5.25. The summed E-state index contributed by atoms with van der Waals surface area (Å²) in [4.78, 5) is 14.0. The van der Waals surface area contributed by atoms with Crippen molar-refractivity contribution in [3.63, 3.8) is 0 Å². The van der Waals surface area contributed by atoms with Crippen LogP contribution in [0.2, 0.25) is 0 Å². The molecule has 1 aliphatic rings. The fourth-order valence-electron chi connectivity index (χ4n) is 2.51. The van der Waals surface area contributed by atoms with Crippen molar-refractivity contribution < 1.29 is 9.90 Å². The van der Waals surface area contributed by atoms with Gasteiger partial charge in [-0.15, -0.1) is 0 Å². The SMILES string of the molecule is Cc1nn(C)c(C)c1NC(=O)CN1CCC[C@H](O)C1. The van der Waals surface area contributed by atoms with E-state index < -0.39 is 0 Å². The Labute approximate surface area is 113 Å². The van der Waals surface area contributed by atoms with Crippen LogP contribution < -0.4 is 5.32 Å². The number of aromatic nitrogens is 2. The number of amides is 1. The lowest BCUT2D eigenvalue weighted by atomic mass is 10.1. The second kappa shape index (κ2) is 5.71. The monoisotopic (exact) mass is 266 g/mol.